The molecule has 6 heterocycles. The fraction of sp³-hybridized carbons (Fsp3) is 0.364. The Morgan fingerprint density at radius 2 is 1.63 bits per heavy atom. The molecule has 1 atom stereocenters. The van der Waals surface area contributed by atoms with Crippen LogP contribution in [-0.2, 0) is 29.6 Å². The number of ether oxygens (including phenoxy) is 1. The first-order chi connectivity index (χ1) is 34.5. The Bertz CT molecular complexity index is 3170. The highest BCUT2D eigenvalue weighted by Gasteiger charge is 2.33. The molecule has 1 unspecified atom stereocenters. The summed E-state index contributed by atoms with van der Waals surface area (Å²) in [5.41, 5.74) is 8.46. The number of fused-ring (bicyclic) bond motifs is 3. The molecule has 3 N–H and O–H groups in total. The molecule has 11 rings (SSSR count). The predicted molar refractivity (Wildman–Crippen MR) is 276 cm³/mol. The summed E-state index contributed by atoms with van der Waals surface area (Å²) in [7, 11) is 1.94. The summed E-state index contributed by atoms with van der Waals surface area (Å²) >= 11 is 1.44. The zero-order valence-corrected chi connectivity index (χ0v) is 40.8. The number of thiazole rings is 1. The third-order valence-electron chi connectivity index (χ3n) is 15.1. The third-order valence-corrected chi connectivity index (χ3v) is 16.1. The zero-order chi connectivity index (χ0) is 48.8. The second kappa shape index (κ2) is 19.6. The molecule has 7 aromatic rings. The number of aromatic nitrogens is 4. The van der Waals surface area contributed by atoms with Crippen molar-refractivity contribution in [3.8, 4) is 16.9 Å². The van der Waals surface area contributed by atoms with Gasteiger partial charge in [-0.2, -0.15) is 5.10 Å². The van der Waals surface area contributed by atoms with E-state index < -0.39 is 11.9 Å². The number of imide groups is 1. The van der Waals surface area contributed by atoms with E-state index in [1.54, 1.807) is 0 Å². The lowest BCUT2D eigenvalue weighted by molar-refractivity contribution is -0.134. The van der Waals surface area contributed by atoms with E-state index in [-0.39, 0.29) is 29.5 Å². The molecule has 4 aromatic carbocycles. The summed E-state index contributed by atoms with van der Waals surface area (Å²) in [6.45, 7) is 7.88. The van der Waals surface area contributed by atoms with Gasteiger partial charge in [-0.05, 0) is 129 Å². The van der Waals surface area contributed by atoms with Gasteiger partial charge in [0.15, 0.2) is 10.8 Å². The SMILES string of the molecule is Cc1c(OC2CCC(CCN3CCN(c4cccc5c(C6CCC(=O)NC6=O)nn(C)c45)CC3)CC2)cccc1-c1ccc(N2CCc3cccc(C(=O)Nc4nc5ccccc5s4)c3C2)nc1C(=O)O. The van der Waals surface area contributed by atoms with Crippen molar-refractivity contribution < 1.29 is 29.0 Å². The molecule has 364 valence electrons. The van der Waals surface area contributed by atoms with Gasteiger partial charge in [0.2, 0.25) is 11.8 Å². The van der Waals surface area contributed by atoms with Gasteiger partial charge in [-0.1, -0.05) is 59.9 Å². The van der Waals surface area contributed by atoms with Crippen molar-refractivity contribution in [3.05, 3.63) is 125 Å². The maximum absolute atomic E-state index is 13.7. The minimum atomic E-state index is -1.11. The van der Waals surface area contributed by atoms with Gasteiger partial charge in [-0.15, -0.1) is 0 Å². The van der Waals surface area contributed by atoms with E-state index in [1.807, 2.05) is 108 Å². The van der Waals surface area contributed by atoms with E-state index in [0.717, 1.165) is 125 Å². The van der Waals surface area contributed by atoms with Crippen LogP contribution in [0.3, 0.4) is 0 Å². The molecule has 0 bridgehead atoms. The van der Waals surface area contributed by atoms with Crippen LogP contribution in [0, 0.1) is 12.8 Å². The Morgan fingerprint density at radius 1 is 0.831 bits per heavy atom. The number of hydrogen-bond donors (Lipinski definition) is 3. The molecule has 71 heavy (non-hydrogen) atoms. The number of carboxylic acids is 1. The number of pyridine rings is 1. The first-order valence-corrected chi connectivity index (χ1v) is 25.7. The van der Waals surface area contributed by atoms with Gasteiger partial charge in [-0.25, -0.2) is 14.8 Å². The Hall–Kier alpha value is -7.17. The van der Waals surface area contributed by atoms with E-state index in [4.69, 9.17) is 14.8 Å². The number of para-hydroxylation sites is 2. The Balaban J connectivity index is 0.689. The minimum absolute atomic E-state index is 0.0243. The largest absolute Gasteiger partial charge is 0.490 e. The molecule has 2 saturated heterocycles. The molecular formula is C55H57N9O6S. The smallest absolute Gasteiger partial charge is 0.355 e. The van der Waals surface area contributed by atoms with Crippen LogP contribution in [0.4, 0.5) is 16.6 Å². The lowest BCUT2D eigenvalue weighted by Gasteiger charge is -2.37. The molecule has 3 amide bonds. The van der Waals surface area contributed by atoms with Gasteiger partial charge in [0, 0.05) is 69.3 Å². The highest BCUT2D eigenvalue weighted by molar-refractivity contribution is 7.22. The molecule has 3 aromatic heterocycles. The van der Waals surface area contributed by atoms with E-state index in [2.05, 4.69) is 31.5 Å². The molecule has 4 aliphatic rings. The number of rotatable bonds is 12. The maximum Gasteiger partial charge on any atom is 0.355 e. The van der Waals surface area contributed by atoms with E-state index >= 15 is 0 Å². The summed E-state index contributed by atoms with van der Waals surface area (Å²) < 4.78 is 9.59. The molecule has 1 saturated carbocycles. The van der Waals surface area contributed by atoms with Gasteiger partial charge in [0.25, 0.3) is 5.91 Å². The number of carbonyl (C=O) groups excluding carboxylic acids is 3. The van der Waals surface area contributed by atoms with Crippen LogP contribution in [-0.4, -0.2) is 98.8 Å². The average molecular weight is 972 g/mol. The molecule has 0 radical (unpaired) electrons. The van der Waals surface area contributed by atoms with Gasteiger partial charge in [-0.3, -0.25) is 34.6 Å². The minimum Gasteiger partial charge on any atom is -0.490 e. The van der Waals surface area contributed by atoms with Gasteiger partial charge < -0.3 is 19.6 Å². The second-order valence-corrected chi connectivity index (χ2v) is 20.4. The van der Waals surface area contributed by atoms with Crippen molar-refractivity contribution >= 4 is 72.8 Å². The number of nitrogens with zero attached hydrogens (tertiary/aromatic N) is 7. The normalized spacial score (nSPS) is 19.7. The predicted octanol–water partition coefficient (Wildman–Crippen LogP) is 8.74. The number of benzene rings is 4. The topological polar surface area (TPSA) is 175 Å². The molecule has 0 spiro atoms. The van der Waals surface area contributed by atoms with E-state index in [1.165, 1.54) is 11.3 Å². The van der Waals surface area contributed by atoms with Crippen LogP contribution in [0.5, 0.6) is 5.75 Å². The Morgan fingerprint density at radius 3 is 2.44 bits per heavy atom. The van der Waals surface area contributed by atoms with Gasteiger partial charge in [0.1, 0.15) is 11.6 Å². The maximum atomic E-state index is 13.7. The fourth-order valence-corrected chi connectivity index (χ4v) is 12.1. The number of carbonyl (C=O) groups is 4. The van der Waals surface area contributed by atoms with Crippen LogP contribution in [0.2, 0.25) is 0 Å². The lowest BCUT2D eigenvalue weighted by atomic mass is 9.85. The van der Waals surface area contributed by atoms with Crippen LogP contribution in [0.25, 0.3) is 32.2 Å². The van der Waals surface area contributed by atoms with Gasteiger partial charge >= 0.3 is 5.97 Å². The quantitative estimate of drug-likeness (QED) is 0.0995. The first-order valence-electron chi connectivity index (χ1n) is 24.8. The van der Waals surface area contributed by atoms with Crippen molar-refractivity contribution in [1.82, 2.24) is 30.0 Å². The molecule has 3 aliphatic heterocycles. The Kier molecular flexibility index (Phi) is 12.7. The summed E-state index contributed by atoms with van der Waals surface area (Å²) in [5.74, 6) is -0.295. The number of piperidine rings is 1. The van der Waals surface area contributed by atoms with Crippen LogP contribution in [0.1, 0.15) is 94.1 Å². The van der Waals surface area contributed by atoms with Crippen molar-refractivity contribution in [2.75, 3.05) is 54.4 Å². The summed E-state index contributed by atoms with van der Waals surface area (Å²) in [4.78, 5) is 67.5. The number of nitrogens with one attached hydrogen (secondary N) is 2. The first kappa shape index (κ1) is 46.2. The number of hydrogen-bond acceptors (Lipinski definition) is 12. The number of carboxylic acid groups (broad SMARTS) is 1. The van der Waals surface area contributed by atoms with Crippen molar-refractivity contribution in [1.29, 1.82) is 0 Å². The molecule has 16 heteroatoms. The number of piperazine rings is 1. The number of aryl methyl sites for hydroxylation is 1. The highest BCUT2D eigenvalue weighted by Crippen LogP contribution is 2.39. The van der Waals surface area contributed by atoms with E-state index in [9.17, 15) is 24.3 Å². The number of anilines is 3. The van der Waals surface area contributed by atoms with Crippen molar-refractivity contribution in [3.63, 3.8) is 0 Å². The Labute approximate surface area is 415 Å². The molecule has 15 nitrogen and oxygen atoms in total. The third kappa shape index (κ3) is 9.33. The highest BCUT2D eigenvalue weighted by atomic mass is 32.1. The van der Waals surface area contributed by atoms with Crippen LogP contribution < -0.4 is 25.2 Å². The molecule has 1 aliphatic carbocycles. The summed E-state index contributed by atoms with van der Waals surface area (Å²) in [5, 5.41) is 22.4. The monoisotopic (exact) mass is 971 g/mol. The van der Waals surface area contributed by atoms with Crippen LogP contribution in [0.15, 0.2) is 91.0 Å². The summed E-state index contributed by atoms with van der Waals surface area (Å²) in [6.07, 6.45) is 6.88. The van der Waals surface area contributed by atoms with Gasteiger partial charge in [0.05, 0.1) is 39.1 Å². The average Bonchev–Trinajstić information content (AvgIpc) is 3.96. The number of aromatic carboxylic acids is 1. The van der Waals surface area contributed by atoms with Crippen LogP contribution >= 0.6 is 11.3 Å². The van der Waals surface area contributed by atoms with E-state index in [0.29, 0.717) is 60.3 Å². The molecule has 3 fully saturated rings. The molecular weight excluding hydrogens is 915 g/mol. The van der Waals surface area contributed by atoms with Crippen molar-refractivity contribution in [2.24, 2.45) is 13.0 Å². The zero-order valence-electron chi connectivity index (χ0n) is 40.0. The standard InChI is InChI=1S/C55H57N9O6S/c1-33-37(38-20-22-47(57-50(38)54(68)69)64-27-25-35-8-5-10-39(42(35)32-64)52(66)59-55-56-43-12-3-4-15-46(43)71-55)9-7-14-45(33)70-36-18-16-34(17-19-36)24-26-62-28-30-63(31-29-62)44-13-6-11-40-49(60-61(2)51(40)44)41-21-23-48(65)58-53(41)67/h3-15,20,22,34,36,41H,16-19,21,23-32H2,1-2H3,(H,68,69)(H,56,59,66)(H,58,65,67). The van der Waals surface area contributed by atoms with Crippen molar-refractivity contribution in [2.45, 2.75) is 76.9 Å². The summed E-state index contributed by atoms with van der Waals surface area (Å²) in [6, 6.07) is 29.4. The second-order valence-electron chi connectivity index (χ2n) is 19.4. The fourth-order valence-electron chi connectivity index (χ4n) is 11.2. The number of amides is 3. The lowest BCUT2D eigenvalue weighted by Crippen LogP contribution is -2.47.